The molecule has 2 rings (SSSR count). The van der Waals surface area contributed by atoms with Gasteiger partial charge in [-0.05, 0) is 42.5 Å². The molecule has 142 valence electrons. The molecule has 0 atom stereocenters. The van der Waals surface area contributed by atoms with Crippen LogP contribution in [0.1, 0.15) is 26.7 Å². The number of carbonyl (C=O) groups is 1. The van der Waals surface area contributed by atoms with Gasteiger partial charge < -0.3 is 11.1 Å². The third kappa shape index (κ3) is 4.22. The summed E-state index contributed by atoms with van der Waals surface area (Å²) in [7, 11) is -3.88. The maximum atomic E-state index is 14.1. The largest absolute Gasteiger partial charge is 0.329 e. The van der Waals surface area contributed by atoms with Crippen LogP contribution in [0.25, 0.3) is 0 Å². The van der Waals surface area contributed by atoms with Gasteiger partial charge in [-0.15, -0.1) is 11.3 Å². The summed E-state index contributed by atoms with van der Waals surface area (Å²) in [6.45, 7) is 3.94. The molecular formula is C17H22FN3O3S2. The number of thiophene rings is 1. The van der Waals surface area contributed by atoms with E-state index in [0.717, 1.165) is 17.4 Å². The maximum Gasteiger partial charge on any atom is 0.271 e. The molecule has 1 heterocycles. The molecule has 6 nitrogen and oxygen atoms in total. The number of carbonyl (C=O) groups excluding carboxylic acids is 1. The van der Waals surface area contributed by atoms with Crippen molar-refractivity contribution < 1.29 is 17.6 Å². The van der Waals surface area contributed by atoms with Crippen LogP contribution < -0.4 is 15.8 Å². The molecule has 0 unspecified atom stereocenters. The number of hydrogen-bond acceptors (Lipinski definition) is 5. The van der Waals surface area contributed by atoms with E-state index in [-0.39, 0.29) is 22.3 Å². The molecule has 0 aliphatic heterocycles. The van der Waals surface area contributed by atoms with Crippen molar-refractivity contribution >= 4 is 38.6 Å². The van der Waals surface area contributed by atoms with Crippen LogP contribution in [0, 0.1) is 11.2 Å². The van der Waals surface area contributed by atoms with Crippen LogP contribution in [-0.4, -0.2) is 20.9 Å². The molecule has 1 aromatic carbocycles. The van der Waals surface area contributed by atoms with Crippen molar-refractivity contribution in [3.8, 4) is 0 Å². The van der Waals surface area contributed by atoms with Crippen molar-refractivity contribution in [3.05, 3.63) is 41.5 Å². The molecule has 1 amide bonds. The van der Waals surface area contributed by atoms with Crippen molar-refractivity contribution in [1.82, 2.24) is 0 Å². The first kappa shape index (κ1) is 20.3. The van der Waals surface area contributed by atoms with Crippen LogP contribution in [0.5, 0.6) is 0 Å². The topological polar surface area (TPSA) is 101 Å². The van der Waals surface area contributed by atoms with Crippen molar-refractivity contribution in [2.45, 2.75) is 30.9 Å². The molecule has 1 aromatic heterocycles. The Labute approximate surface area is 156 Å². The minimum Gasteiger partial charge on any atom is -0.329 e. The fourth-order valence-electron chi connectivity index (χ4n) is 2.51. The Morgan fingerprint density at radius 2 is 1.96 bits per heavy atom. The summed E-state index contributed by atoms with van der Waals surface area (Å²) in [6.07, 6.45) is 1.12. The van der Waals surface area contributed by atoms with Crippen LogP contribution in [-0.2, 0) is 14.8 Å². The standard InChI is InChI=1S/C17H22FN3O3S2/c1-3-17(4-2,11-19)16(22)20-12-7-8-13(18)14(10-12)21-26(23,24)15-6-5-9-25-15/h5-10,21H,3-4,11,19H2,1-2H3,(H,20,22). The number of benzene rings is 1. The van der Waals surface area contributed by atoms with Gasteiger partial charge in [0, 0.05) is 12.2 Å². The zero-order valence-corrected chi connectivity index (χ0v) is 16.2. The molecule has 0 radical (unpaired) electrons. The molecule has 0 saturated carbocycles. The number of hydrogen-bond donors (Lipinski definition) is 3. The molecule has 4 N–H and O–H groups in total. The Kier molecular flexibility index (Phi) is 6.38. The summed E-state index contributed by atoms with van der Waals surface area (Å²) in [5.41, 5.74) is 5.10. The van der Waals surface area contributed by atoms with Gasteiger partial charge in [0.2, 0.25) is 5.91 Å². The summed E-state index contributed by atoms with van der Waals surface area (Å²) < 4.78 is 40.9. The first-order valence-corrected chi connectivity index (χ1v) is 10.5. The van der Waals surface area contributed by atoms with E-state index in [1.54, 1.807) is 11.4 Å². The lowest BCUT2D eigenvalue weighted by atomic mass is 9.81. The highest BCUT2D eigenvalue weighted by atomic mass is 32.2. The van der Waals surface area contributed by atoms with Gasteiger partial charge in [-0.3, -0.25) is 9.52 Å². The van der Waals surface area contributed by atoms with Crippen molar-refractivity contribution in [2.75, 3.05) is 16.6 Å². The van der Waals surface area contributed by atoms with Gasteiger partial charge in [0.15, 0.2) is 0 Å². The second-order valence-corrected chi connectivity index (χ2v) is 8.73. The Morgan fingerprint density at radius 1 is 1.27 bits per heavy atom. The molecule has 0 saturated heterocycles. The predicted octanol–water partition coefficient (Wildman–Crippen LogP) is 3.39. The fraction of sp³-hybridized carbons (Fsp3) is 0.353. The van der Waals surface area contributed by atoms with E-state index in [9.17, 15) is 17.6 Å². The van der Waals surface area contributed by atoms with Crippen LogP contribution in [0.15, 0.2) is 39.9 Å². The summed E-state index contributed by atoms with van der Waals surface area (Å²) in [5, 5.41) is 4.32. The van der Waals surface area contributed by atoms with Crippen molar-refractivity contribution in [3.63, 3.8) is 0 Å². The molecular weight excluding hydrogens is 377 g/mol. The lowest BCUT2D eigenvalue weighted by Gasteiger charge is -2.28. The van der Waals surface area contributed by atoms with Gasteiger partial charge in [-0.2, -0.15) is 0 Å². The Bertz CT molecular complexity index is 855. The van der Waals surface area contributed by atoms with Gasteiger partial charge in [0.1, 0.15) is 10.0 Å². The first-order valence-electron chi connectivity index (χ1n) is 8.15. The first-order chi connectivity index (χ1) is 12.3. The second-order valence-electron chi connectivity index (χ2n) is 5.88. The van der Waals surface area contributed by atoms with Crippen LogP contribution in [0.4, 0.5) is 15.8 Å². The van der Waals surface area contributed by atoms with E-state index in [1.807, 2.05) is 13.8 Å². The number of nitrogens with two attached hydrogens (primary N) is 1. The van der Waals surface area contributed by atoms with E-state index in [4.69, 9.17) is 5.73 Å². The van der Waals surface area contributed by atoms with Crippen molar-refractivity contribution in [2.24, 2.45) is 11.1 Å². The SMILES string of the molecule is CCC(CC)(CN)C(=O)Nc1ccc(F)c(NS(=O)(=O)c2cccs2)c1. The van der Waals surface area contributed by atoms with E-state index in [1.165, 1.54) is 18.2 Å². The molecule has 0 aliphatic carbocycles. The minimum atomic E-state index is -3.88. The third-order valence-electron chi connectivity index (χ3n) is 4.45. The van der Waals surface area contributed by atoms with Gasteiger partial charge in [0.05, 0.1) is 11.1 Å². The quantitative estimate of drug-likeness (QED) is 0.633. The zero-order chi connectivity index (χ0) is 19.4. The van der Waals surface area contributed by atoms with Crippen LogP contribution >= 0.6 is 11.3 Å². The molecule has 0 bridgehead atoms. The number of amides is 1. The number of anilines is 2. The summed E-state index contributed by atoms with van der Waals surface area (Å²) >= 11 is 1.03. The van der Waals surface area contributed by atoms with Crippen molar-refractivity contribution in [1.29, 1.82) is 0 Å². The monoisotopic (exact) mass is 399 g/mol. The second kappa shape index (κ2) is 8.15. The number of sulfonamides is 1. The average Bonchev–Trinajstić information content (AvgIpc) is 3.15. The summed E-state index contributed by atoms with van der Waals surface area (Å²) in [6, 6.07) is 6.75. The highest BCUT2D eigenvalue weighted by Gasteiger charge is 2.33. The Balaban J connectivity index is 2.26. The van der Waals surface area contributed by atoms with Gasteiger partial charge in [-0.25, -0.2) is 12.8 Å². The molecule has 2 aromatic rings. The molecule has 0 aliphatic rings. The summed E-state index contributed by atoms with van der Waals surface area (Å²) in [5.74, 6) is -1.01. The summed E-state index contributed by atoms with van der Waals surface area (Å²) in [4.78, 5) is 12.6. The molecule has 0 spiro atoms. The number of nitrogens with one attached hydrogen (secondary N) is 2. The molecule has 26 heavy (non-hydrogen) atoms. The van der Waals surface area contributed by atoms with E-state index in [0.29, 0.717) is 18.5 Å². The van der Waals surface area contributed by atoms with Gasteiger partial charge in [0.25, 0.3) is 10.0 Å². The molecule has 9 heteroatoms. The Hall–Kier alpha value is -1.97. The lowest BCUT2D eigenvalue weighted by molar-refractivity contribution is -0.125. The van der Waals surface area contributed by atoms with Gasteiger partial charge in [-0.1, -0.05) is 19.9 Å². The third-order valence-corrected chi connectivity index (χ3v) is 7.22. The zero-order valence-electron chi connectivity index (χ0n) is 14.6. The minimum absolute atomic E-state index is 0.0745. The fourth-order valence-corrected chi connectivity index (χ4v) is 4.56. The van der Waals surface area contributed by atoms with E-state index in [2.05, 4.69) is 10.0 Å². The van der Waals surface area contributed by atoms with E-state index < -0.39 is 21.3 Å². The maximum absolute atomic E-state index is 14.1. The molecule has 0 fully saturated rings. The number of halogens is 1. The van der Waals surface area contributed by atoms with Crippen LogP contribution in [0.2, 0.25) is 0 Å². The highest BCUT2D eigenvalue weighted by molar-refractivity contribution is 7.94. The van der Waals surface area contributed by atoms with E-state index >= 15 is 0 Å². The van der Waals surface area contributed by atoms with Crippen LogP contribution in [0.3, 0.4) is 0 Å². The predicted molar refractivity (Wildman–Crippen MR) is 102 cm³/mol. The Morgan fingerprint density at radius 3 is 2.50 bits per heavy atom. The van der Waals surface area contributed by atoms with Gasteiger partial charge >= 0.3 is 0 Å². The highest BCUT2D eigenvalue weighted by Crippen LogP contribution is 2.29. The lowest BCUT2D eigenvalue weighted by Crippen LogP contribution is -2.41. The normalized spacial score (nSPS) is 12.0. The smallest absolute Gasteiger partial charge is 0.271 e. The number of rotatable bonds is 8. The average molecular weight is 400 g/mol.